The van der Waals surface area contributed by atoms with Gasteiger partial charge in [-0.3, -0.25) is 4.79 Å². The molecule has 0 saturated heterocycles. The van der Waals surface area contributed by atoms with E-state index >= 15 is 0 Å². The Kier molecular flexibility index (Phi) is 3.99. The Labute approximate surface area is 92.9 Å². The van der Waals surface area contributed by atoms with Crippen molar-refractivity contribution < 1.29 is 4.79 Å². The minimum absolute atomic E-state index is 0.402. The van der Waals surface area contributed by atoms with E-state index in [1.807, 2.05) is 6.08 Å². The quantitative estimate of drug-likeness (QED) is 0.588. The van der Waals surface area contributed by atoms with Crippen LogP contribution >= 0.6 is 0 Å². The highest BCUT2D eigenvalue weighted by molar-refractivity contribution is 5.93. The highest BCUT2D eigenvalue weighted by Crippen LogP contribution is 2.43. The van der Waals surface area contributed by atoms with Crippen LogP contribution < -0.4 is 0 Å². The number of rotatable bonds is 0. The average molecular weight is 206 g/mol. The first-order valence-electron chi connectivity index (χ1n) is 6.58. The van der Waals surface area contributed by atoms with Gasteiger partial charge in [-0.2, -0.15) is 0 Å². The largest absolute Gasteiger partial charge is 0.295 e. The summed E-state index contributed by atoms with van der Waals surface area (Å²) in [4.78, 5) is 11.7. The van der Waals surface area contributed by atoms with Crippen molar-refractivity contribution >= 4 is 5.78 Å². The van der Waals surface area contributed by atoms with Gasteiger partial charge in [0.15, 0.2) is 5.78 Å². The topological polar surface area (TPSA) is 17.1 Å². The lowest BCUT2D eigenvalue weighted by atomic mass is 10.1. The van der Waals surface area contributed by atoms with Gasteiger partial charge in [-0.1, -0.05) is 38.2 Å². The lowest BCUT2D eigenvalue weighted by Crippen LogP contribution is -1.97. The van der Waals surface area contributed by atoms with Gasteiger partial charge in [-0.25, -0.2) is 0 Å². The van der Waals surface area contributed by atoms with E-state index in [1.165, 1.54) is 51.4 Å². The first-order valence-corrected chi connectivity index (χ1v) is 6.58. The number of allylic oxidation sites excluding steroid dienone is 2. The molecule has 15 heavy (non-hydrogen) atoms. The second-order valence-corrected chi connectivity index (χ2v) is 5.11. The zero-order valence-corrected chi connectivity index (χ0v) is 9.58. The zero-order chi connectivity index (χ0) is 10.5. The maximum atomic E-state index is 11.7. The van der Waals surface area contributed by atoms with E-state index in [0.29, 0.717) is 11.7 Å². The molecule has 0 radical (unpaired) electrons. The van der Waals surface area contributed by atoms with Gasteiger partial charge in [0, 0.05) is 5.92 Å². The summed E-state index contributed by atoms with van der Waals surface area (Å²) in [5.74, 6) is 1.55. The van der Waals surface area contributed by atoms with Crippen molar-refractivity contribution in [3.8, 4) is 0 Å². The van der Waals surface area contributed by atoms with E-state index in [1.54, 1.807) is 0 Å². The molecule has 2 aliphatic rings. The molecule has 0 bridgehead atoms. The third kappa shape index (κ3) is 3.48. The minimum Gasteiger partial charge on any atom is -0.295 e. The molecule has 0 spiro atoms. The Balaban J connectivity index is 1.82. The molecule has 1 fully saturated rings. The smallest absolute Gasteiger partial charge is 0.158 e. The van der Waals surface area contributed by atoms with Crippen LogP contribution in [-0.4, -0.2) is 5.78 Å². The average Bonchev–Trinajstić information content (AvgIpc) is 2.99. The van der Waals surface area contributed by atoms with Crippen molar-refractivity contribution in [3.05, 3.63) is 12.2 Å². The lowest BCUT2D eigenvalue weighted by molar-refractivity contribution is -0.116. The number of ketones is 1. The highest BCUT2D eigenvalue weighted by Gasteiger charge is 2.40. The van der Waals surface area contributed by atoms with Crippen LogP contribution in [0.2, 0.25) is 0 Å². The van der Waals surface area contributed by atoms with Crippen LogP contribution in [0.3, 0.4) is 0 Å². The van der Waals surface area contributed by atoms with Crippen LogP contribution in [-0.2, 0) is 4.79 Å². The van der Waals surface area contributed by atoms with E-state index < -0.39 is 0 Å². The second kappa shape index (κ2) is 5.48. The Bertz CT molecular complexity index is 242. The molecule has 0 unspecified atom stereocenters. The summed E-state index contributed by atoms with van der Waals surface area (Å²) in [6, 6.07) is 0. The molecule has 1 nitrogen and oxygen atoms in total. The molecule has 84 valence electrons. The summed E-state index contributed by atoms with van der Waals surface area (Å²) < 4.78 is 0. The van der Waals surface area contributed by atoms with E-state index in [4.69, 9.17) is 0 Å². The van der Waals surface area contributed by atoms with Gasteiger partial charge in [0.25, 0.3) is 0 Å². The molecule has 2 aliphatic carbocycles. The summed E-state index contributed by atoms with van der Waals surface area (Å²) in [5.41, 5.74) is 0. The summed E-state index contributed by atoms with van der Waals surface area (Å²) in [7, 11) is 0. The molecule has 1 saturated carbocycles. The molecule has 0 aliphatic heterocycles. The van der Waals surface area contributed by atoms with Gasteiger partial charge < -0.3 is 0 Å². The first kappa shape index (κ1) is 10.9. The summed E-state index contributed by atoms with van der Waals surface area (Å²) in [6.07, 6.45) is 15.6. The van der Waals surface area contributed by atoms with Crippen molar-refractivity contribution in [2.24, 2.45) is 11.8 Å². The van der Waals surface area contributed by atoms with Crippen LogP contribution in [0, 0.1) is 11.8 Å². The molecule has 1 heteroatoms. The molecular formula is C14H22O. The van der Waals surface area contributed by atoms with Gasteiger partial charge in [0.1, 0.15) is 0 Å². The third-order valence-electron chi connectivity index (χ3n) is 3.77. The molecule has 0 heterocycles. The number of hydrogen-bond donors (Lipinski definition) is 0. The van der Waals surface area contributed by atoms with Gasteiger partial charge in [0.05, 0.1) is 0 Å². The maximum Gasteiger partial charge on any atom is 0.158 e. The first-order chi connectivity index (χ1) is 7.38. The van der Waals surface area contributed by atoms with Crippen LogP contribution in [0.1, 0.15) is 57.8 Å². The molecule has 2 atom stereocenters. The number of carbonyl (C=O) groups excluding carboxylic acids is 1. The minimum atomic E-state index is 0.402. The third-order valence-corrected chi connectivity index (χ3v) is 3.77. The van der Waals surface area contributed by atoms with E-state index in [9.17, 15) is 4.79 Å². The van der Waals surface area contributed by atoms with E-state index in [2.05, 4.69) is 6.08 Å². The van der Waals surface area contributed by atoms with Crippen molar-refractivity contribution in [1.29, 1.82) is 0 Å². The lowest BCUT2D eigenvalue weighted by Gasteiger charge is -2.00. The molecule has 0 N–H and O–H groups in total. The van der Waals surface area contributed by atoms with E-state index in [-0.39, 0.29) is 0 Å². The Hall–Kier alpha value is -0.590. The summed E-state index contributed by atoms with van der Waals surface area (Å²) in [5, 5.41) is 0. The predicted molar refractivity (Wildman–Crippen MR) is 62.7 cm³/mol. The standard InChI is InChI=1S/C14H22O/c15-14-10-8-6-4-2-1-3-5-7-9-12-11-13(12)14/h8,10,12-13H,1-7,9,11H2/b10-8-/t12-,13-/m0/s1. The molecular weight excluding hydrogens is 184 g/mol. The van der Waals surface area contributed by atoms with Crippen molar-refractivity contribution in [2.75, 3.05) is 0 Å². The molecule has 0 amide bonds. The van der Waals surface area contributed by atoms with Crippen LogP contribution in [0.15, 0.2) is 12.2 Å². The number of fused-ring (bicyclic) bond motifs is 1. The Morgan fingerprint density at radius 2 is 1.73 bits per heavy atom. The van der Waals surface area contributed by atoms with E-state index in [0.717, 1.165) is 12.3 Å². The monoisotopic (exact) mass is 206 g/mol. The fourth-order valence-corrected chi connectivity index (χ4v) is 2.61. The van der Waals surface area contributed by atoms with Gasteiger partial charge in [0.2, 0.25) is 0 Å². The van der Waals surface area contributed by atoms with Crippen LogP contribution in [0.25, 0.3) is 0 Å². The van der Waals surface area contributed by atoms with Crippen molar-refractivity contribution in [1.82, 2.24) is 0 Å². The molecule has 2 rings (SSSR count). The Morgan fingerprint density at radius 1 is 1.00 bits per heavy atom. The van der Waals surface area contributed by atoms with Crippen molar-refractivity contribution in [2.45, 2.75) is 57.8 Å². The van der Waals surface area contributed by atoms with Gasteiger partial charge in [-0.05, 0) is 37.7 Å². The maximum absolute atomic E-state index is 11.7. The Morgan fingerprint density at radius 3 is 2.60 bits per heavy atom. The number of hydrogen-bond acceptors (Lipinski definition) is 1. The van der Waals surface area contributed by atoms with Crippen LogP contribution in [0.5, 0.6) is 0 Å². The fourth-order valence-electron chi connectivity index (χ4n) is 2.61. The van der Waals surface area contributed by atoms with Crippen LogP contribution in [0.4, 0.5) is 0 Å². The highest BCUT2D eigenvalue weighted by atomic mass is 16.1. The molecule has 0 aromatic rings. The normalized spacial score (nSPS) is 35.6. The summed E-state index contributed by atoms with van der Waals surface area (Å²) in [6.45, 7) is 0. The second-order valence-electron chi connectivity index (χ2n) is 5.11. The van der Waals surface area contributed by atoms with Gasteiger partial charge >= 0.3 is 0 Å². The van der Waals surface area contributed by atoms with Crippen molar-refractivity contribution in [3.63, 3.8) is 0 Å². The number of carbonyl (C=O) groups is 1. The molecule has 0 aromatic carbocycles. The predicted octanol–water partition coefficient (Wildman–Crippen LogP) is 3.88. The van der Waals surface area contributed by atoms with Gasteiger partial charge in [-0.15, -0.1) is 0 Å². The summed E-state index contributed by atoms with van der Waals surface area (Å²) >= 11 is 0. The zero-order valence-electron chi connectivity index (χ0n) is 9.58. The molecule has 0 aromatic heterocycles. The SMILES string of the molecule is O=C1/C=C\CCCCCCCC[C@H]2C[C@H]12. The fraction of sp³-hybridized carbons (Fsp3) is 0.786.